The Kier molecular flexibility index (Phi) is 5.67. The highest BCUT2D eigenvalue weighted by atomic mass is 35.5. The van der Waals surface area contributed by atoms with Gasteiger partial charge in [-0.2, -0.15) is 4.52 Å². The fraction of sp³-hybridized carbons (Fsp3) is 0.304. The van der Waals surface area contributed by atoms with Crippen molar-refractivity contribution in [2.75, 3.05) is 26.2 Å². The van der Waals surface area contributed by atoms with E-state index in [0.29, 0.717) is 15.8 Å². The Hall–Kier alpha value is -2.45. The van der Waals surface area contributed by atoms with E-state index in [1.807, 2.05) is 31.2 Å². The number of hydrogen-bond donors (Lipinski definition) is 1. The van der Waals surface area contributed by atoms with Crippen molar-refractivity contribution in [3.05, 3.63) is 81.4 Å². The number of nitrogens with zero attached hydrogens (tertiary/aromatic N) is 5. The van der Waals surface area contributed by atoms with E-state index in [1.54, 1.807) is 0 Å². The Morgan fingerprint density at radius 1 is 1.03 bits per heavy atom. The number of thiazole rings is 1. The molecule has 2 aromatic heterocycles. The van der Waals surface area contributed by atoms with Crippen molar-refractivity contribution in [3.8, 4) is 5.88 Å². The van der Waals surface area contributed by atoms with Crippen LogP contribution in [0.3, 0.4) is 0 Å². The molecule has 31 heavy (non-hydrogen) atoms. The SMILES string of the molecule is Cc1nc2sc([C@H](c3ccccc3Cl)N3CCN(Cc4ccccc4)CC3)c(O)n2n1. The number of hydrogen-bond acceptors (Lipinski definition) is 6. The lowest BCUT2D eigenvalue weighted by atomic mass is 10.0. The zero-order valence-corrected chi connectivity index (χ0v) is 18.9. The lowest BCUT2D eigenvalue weighted by Gasteiger charge is -2.39. The summed E-state index contributed by atoms with van der Waals surface area (Å²) in [4.78, 5) is 10.9. The summed E-state index contributed by atoms with van der Waals surface area (Å²) < 4.78 is 1.53. The fourth-order valence-corrected chi connectivity index (χ4v) is 5.64. The van der Waals surface area contributed by atoms with Gasteiger partial charge in [-0.25, -0.2) is 4.98 Å². The molecule has 5 rings (SSSR count). The van der Waals surface area contributed by atoms with E-state index < -0.39 is 0 Å². The number of rotatable bonds is 5. The maximum absolute atomic E-state index is 11.0. The van der Waals surface area contributed by atoms with Crippen LogP contribution in [0.25, 0.3) is 4.96 Å². The average molecular weight is 454 g/mol. The predicted molar refractivity (Wildman–Crippen MR) is 124 cm³/mol. The second kappa shape index (κ2) is 8.59. The molecule has 1 aliphatic heterocycles. The zero-order valence-electron chi connectivity index (χ0n) is 17.3. The zero-order chi connectivity index (χ0) is 21.4. The van der Waals surface area contributed by atoms with Gasteiger partial charge in [0.2, 0.25) is 10.8 Å². The molecule has 4 aromatic rings. The molecule has 0 unspecified atom stereocenters. The van der Waals surface area contributed by atoms with Gasteiger partial charge in [-0.3, -0.25) is 9.80 Å². The van der Waals surface area contributed by atoms with E-state index in [-0.39, 0.29) is 11.9 Å². The second-order valence-corrected chi connectivity index (χ2v) is 9.28. The molecule has 160 valence electrons. The van der Waals surface area contributed by atoms with E-state index >= 15 is 0 Å². The lowest BCUT2D eigenvalue weighted by molar-refractivity contribution is 0.105. The molecule has 6 nitrogen and oxygen atoms in total. The molecule has 0 bridgehead atoms. The monoisotopic (exact) mass is 453 g/mol. The third kappa shape index (κ3) is 4.06. The minimum atomic E-state index is -0.138. The maximum Gasteiger partial charge on any atom is 0.230 e. The molecular weight excluding hydrogens is 430 g/mol. The number of aromatic hydroxyl groups is 1. The van der Waals surface area contributed by atoms with Crippen molar-refractivity contribution in [2.24, 2.45) is 0 Å². The van der Waals surface area contributed by atoms with Gasteiger partial charge in [0.1, 0.15) is 5.82 Å². The summed E-state index contributed by atoms with van der Waals surface area (Å²) in [6.45, 7) is 6.46. The summed E-state index contributed by atoms with van der Waals surface area (Å²) in [5, 5.41) is 16.0. The van der Waals surface area contributed by atoms with E-state index in [4.69, 9.17) is 11.6 Å². The van der Waals surface area contributed by atoms with Crippen LogP contribution in [0.5, 0.6) is 5.88 Å². The number of benzene rings is 2. The molecule has 1 atom stereocenters. The van der Waals surface area contributed by atoms with E-state index in [2.05, 4.69) is 50.2 Å². The van der Waals surface area contributed by atoms with Crippen LogP contribution in [0.4, 0.5) is 0 Å². The Morgan fingerprint density at radius 3 is 2.45 bits per heavy atom. The summed E-state index contributed by atoms with van der Waals surface area (Å²) in [5.41, 5.74) is 2.33. The number of fused-ring (bicyclic) bond motifs is 1. The minimum Gasteiger partial charge on any atom is -0.492 e. The molecule has 2 aromatic carbocycles. The third-order valence-corrected chi connectivity index (χ3v) is 7.19. The molecule has 0 aliphatic carbocycles. The second-order valence-electron chi connectivity index (χ2n) is 7.87. The van der Waals surface area contributed by atoms with E-state index in [9.17, 15) is 5.11 Å². The van der Waals surface area contributed by atoms with Crippen LogP contribution in [0.1, 0.15) is 27.9 Å². The molecule has 8 heteroatoms. The minimum absolute atomic E-state index is 0.138. The Bertz CT molecular complexity index is 1180. The molecule has 0 saturated carbocycles. The van der Waals surface area contributed by atoms with Crippen molar-refractivity contribution in [1.82, 2.24) is 24.4 Å². The van der Waals surface area contributed by atoms with Gasteiger partial charge >= 0.3 is 0 Å². The summed E-state index contributed by atoms with van der Waals surface area (Å²) in [7, 11) is 0. The topological polar surface area (TPSA) is 56.9 Å². The Labute approximate surface area is 190 Å². The highest BCUT2D eigenvalue weighted by Crippen LogP contribution is 2.42. The number of halogens is 1. The van der Waals surface area contributed by atoms with Crippen LogP contribution in [0, 0.1) is 6.92 Å². The predicted octanol–water partition coefficient (Wildman–Crippen LogP) is 4.37. The highest BCUT2D eigenvalue weighted by Gasteiger charge is 2.32. The Balaban J connectivity index is 1.44. The van der Waals surface area contributed by atoms with Crippen LogP contribution in [0.2, 0.25) is 5.02 Å². The van der Waals surface area contributed by atoms with Crippen molar-refractivity contribution >= 4 is 27.9 Å². The molecule has 1 aliphatic rings. The van der Waals surface area contributed by atoms with Crippen molar-refractivity contribution in [1.29, 1.82) is 0 Å². The van der Waals surface area contributed by atoms with Gasteiger partial charge in [-0.05, 0) is 24.1 Å². The third-order valence-electron chi connectivity index (χ3n) is 5.77. The first-order valence-electron chi connectivity index (χ1n) is 10.4. The van der Waals surface area contributed by atoms with Crippen LogP contribution in [-0.4, -0.2) is 55.7 Å². The maximum atomic E-state index is 11.0. The molecule has 0 radical (unpaired) electrons. The molecule has 1 fully saturated rings. The molecule has 1 saturated heterocycles. The normalized spacial score (nSPS) is 16.7. The molecular formula is C23H24ClN5OS. The van der Waals surface area contributed by atoms with Crippen LogP contribution in [-0.2, 0) is 6.54 Å². The largest absolute Gasteiger partial charge is 0.492 e. The van der Waals surface area contributed by atoms with E-state index in [1.165, 1.54) is 21.4 Å². The first-order chi connectivity index (χ1) is 15.1. The first kappa shape index (κ1) is 20.5. The van der Waals surface area contributed by atoms with Crippen LogP contribution < -0.4 is 0 Å². The van der Waals surface area contributed by atoms with Gasteiger partial charge in [0, 0.05) is 37.7 Å². The van der Waals surface area contributed by atoms with Gasteiger partial charge in [0.25, 0.3) is 0 Å². The average Bonchev–Trinajstić information content (AvgIpc) is 3.29. The summed E-state index contributed by atoms with van der Waals surface area (Å²) >= 11 is 8.10. The van der Waals surface area contributed by atoms with Crippen LogP contribution in [0.15, 0.2) is 54.6 Å². The van der Waals surface area contributed by atoms with Gasteiger partial charge in [0.15, 0.2) is 0 Å². The first-order valence-corrected chi connectivity index (χ1v) is 11.6. The standard InChI is InChI=1S/C23H24ClN5OS/c1-16-25-23-29(26-16)22(30)21(31-23)20(18-9-5-6-10-19(18)24)28-13-11-27(12-14-28)15-17-7-3-2-4-8-17/h2-10,20,30H,11-15H2,1H3/t20-/m0/s1. The highest BCUT2D eigenvalue weighted by molar-refractivity contribution is 7.17. The quantitative estimate of drug-likeness (QED) is 0.486. The Morgan fingerprint density at radius 2 is 1.74 bits per heavy atom. The molecule has 1 N–H and O–H groups in total. The van der Waals surface area contributed by atoms with Gasteiger partial charge in [-0.15, -0.1) is 5.10 Å². The van der Waals surface area contributed by atoms with Crippen molar-refractivity contribution in [2.45, 2.75) is 19.5 Å². The number of piperazine rings is 1. The van der Waals surface area contributed by atoms with Gasteiger partial charge < -0.3 is 5.11 Å². The number of aromatic nitrogens is 3. The molecule has 3 heterocycles. The van der Waals surface area contributed by atoms with Crippen LogP contribution >= 0.6 is 22.9 Å². The summed E-state index contributed by atoms with van der Waals surface area (Å²) in [6, 6.07) is 18.3. The van der Waals surface area contributed by atoms with Gasteiger partial charge in [0.05, 0.1) is 10.9 Å². The molecule has 0 amide bonds. The fourth-order valence-electron chi connectivity index (χ4n) is 4.25. The van der Waals surface area contributed by atoms with E-state index in [0.717, 1.165) is 43.2 Å². The summed E-state index contributed by atoms with van der Waals surface area (Å²) in [6.07, 6.45) is 0. The van der Waals surface area contributed by atoms with Crippen molar-refractivity contribution < 1.29 is 5.11 Å². The smallest absolute Gasteiger partial charge is 0.230 e. The van der Waals surface area contributed by atoms with Crippen molar-refractivity contribution in [3.63, 3.8) is 0 Å². The lowest BCUT2D eigenvalue weighted by Crippen LogP contribution is -2.47. The summed E-state index contributed by atoms with van der Waals surface area (Å²) in [5.74, 6) is 0.800. The van der Waals surface area contributed by atoms with Gasteiger partial charge in [-0.1, -0.05) is 71.5 Å². The molecule has 0 spiro atoms. The number of aryl methyl sites for hydroxylation is 1.